The van der Waals surface area contributed by atoms with Crippen molar-refractivity contribution in [3.8, 4) is 11.3 Å². The first-order valence-corrected chi connectivity index (χ1v) is 11.3. The van der Waals surface area contributed by atoms with E-state index in [1.807, 2.05) is 30.3 Å². The van der Waals surface area contributed by atoms with Crippen LogP contribution in [0.5, 0.6) is 0 Å². The lowest BCUT2D eigenvalue weighted by Gasteiger charge is -2.19. The van der Waals surface area contributed by atoms with Gasteiger partial charge in [0, 0.05) is 48.7 Å². The third-order valence-electron chi connectivity index (χ3n) is 6.54. The molecule has 9 heteroatoms. The van der Waals surface area contributed by atoms with Gasteiger partial charge in [-0.25, -0.2) is 13.8 Å². The van der Waals surface area contributed by atoms with E-state index in [0.717, 1.165) is 11.1 Å². The van der Waals surface area contributed by atoms with Gasteiger partial charge in [0.05, 0.1) is 18.7 Å². The number of nitrogens with one attached hydrogen (secondary N) is 2. The normalized spacial score (nSPS) is 20.1. The van der Waals surface area contributed by atoms with Crippen molar-refractivity contribution in [3.63, 3.8) is 0 Å². The van der Waals surface area contributed by atoms with E-state index >= 15 is 0 Å². The van der Waals surface area contributed by atoms with Crippen LogP contribution >= 0.6 is 0 Å². The Labute approximate surface area is 199 Å². The number of fused-ring (bicyclic) bond motifs is 1. The minimum Gasteiger partial charge on any atom is -0.469 e. The highest BCUT2D eigenvalue weighted by Gasteiger charge is 2.61. The van der Waals surface area contributed by atoms with Crippen molar-refractivity contribution in [2.24, 2.45) is 11.8 Å². The van der Waals surface area contributed by atoms with Crippen molar-refractivity contribution in [3.05, 3.63) is 71.0 Å². The zero-order valence-electron chi connectivity index (χ0n) is 18.9. The summed E-state index contributed by atoms with van der Waals surface area (Å²) in [5.74, 6) is -6.09. The van der Waals surface area contributed by atoms with Crippen LogP contribution < -0.4 is 5.32 Å². The fraction of sp³-hybridized carbons (Fsp3) is 0.308. The van der Waals surface area contributed by atoms with Crippen molar-refractivity contribution in [2.45, 2.75) is 31.6 Å². The Morgan fingerprint density at radius 2 is 1.94 bits per heavy atom. The van der Waals surface area contributed by atoms with Gasteiger partial charge in [0.2, 0.25) is 5.91 Å². The second-order valence-corrected chi connectivity index (χ2v) is 8.98. The Hall–Kier alpha value is -3.88. The molecule has 2 N–H and O–H groups in total. The molecule has 180 valence electrons. The quantitative estimate of drug-likeness (QED) is 0.517. The number of hydrogen-bond donors (Lipinski definition) is 2. The Balaban J connectivity index is 1.53. The van der Waals surface area contributed by atoms with Crippen LogP contribution in [-0.4, -0.2) is 40.7 Å². The van der Waals surface area contributed by atoms with Crippen molar-refractivity contribution in [1.82, 2.24) is 9.97 Å². The number of aromatic amines is 1. The molecule has 1 amide bonds. The fourth-order valence-corrected chi connectivity index (χ4v) is 4.65. The zero-order valence-corrected chi connectivity index (χ0v) is 18.9. The van der Waals surface area contributed by atoms with Crippen molar-refractivity contribution >= 4 is 23.5 Å². The SMILES string of the molecule is COC(=O)C1CC(=O)c2c([nH]c(-c3ccnc(NC(=O)C4CC4(F)F)c3)c2Cc2ccccc2)C1. The number of alkyl halides is 2. The maximum absolute atomic E-state index is 13.3. The molecule has 5 rings (SSSR count). The number of carbonyl (C=O) groups excluding carboxylic acids is 3. The van der Waals surface area contributed by atoms with Gasteiger partial charge in [-0.05, 0) is 23.3 Å². The van der Waals surface area contributed by atoms with Gasteiger partial charge in [0.15, 0.2) is 5.78 Å². The smallest absolute Gasteiger partial charge is 0.309 e. The highest BCUT2D eigenvalue weighted by molar-refractivity contribution is 6.04. The summed E-state index contributed by atoms with van der Waals surface area (Å²) >= 11 is 0. The van der Waals surface area contributed by atoms with Crippen LogP contribution in [0, 0.1) is 11.8 Å². The molecule has 7 nitrogen and oxygen atoms in total. The van der Waals surface area contributed by atoms with E-state index < -0.39 is 36.1 Å². The maximum atomic E-state index is 13.3. The summed E-state index contributed by atoms with van der Waals surface area (Å²) in [6, 6.07) is 13.0. The number of ether oxygens (including phenoxy) is 1. The number of pyridine rings is 1. The van der Waals surface area contributed by atoms with E-state index in [2.05, 4.69) is 15.3 Å². The second kappa shape index (κ2) is 8.72. The number of benzene rings is 1. The van der Waals surface area contributed by atoms with E-state index in [9.17, 15) is 23.2 Å². The number of H-pyrrole nitrogens is 1. The van der Waals surface area contributed by atoms with Crippen molar-refractivity contribution in [1.29, 1.82) is 0 Å². The summed E-state index contributed by atoms with van der Waals surface area (Å²) < 4.78 is 31.4. The first-order chi connectivity index (χ1) is 16.8. The van der Waals surface area contributed by atoms with Crippen LogP contribution in [0.25, 0.3) is 11.3 Å². The molecule has 0 bridgehead atoms. The number of carbonyl (C=O) groups is 3. The molecule has 35 heavy (non-hydrogen) atoms. The number of anilines is 1. The van der Waals surface area contributed by atoms with Crippen molar-refractivity contribution in [2.75, 3.05) is 12.4 Å². The molecule has 2 unspecified atom stereocenters. The maximum Gasteiger partial charge on any atom is 0.309 e. The summed E-state index contributed by atoms with van der Waals surface area (Å²) in [7, 11) is 1.30. The molecule has 2 heterocycles. The monoisotopic (exact) mass is 479 g/mol. The molecule has 1 saturated carbocycles. The molecule has 2 aliphatic carbocycles. The number of esters is 1. The fourth-order valence-electron chi connectivity index (χ4n) is 4.65. The Morgan fingerprint density at radius 3 is 2.63 bits per heavy atom. The number of nitrogens with zero attached hydrogens (tertiary/aromatic N) is 1. The number of aromatic nitrogens is 2. The van der Waals surface area contributed by atoms with Gasteiger partial charge in [-0.1, -0.05) is 30.3 Å². The van der Waals surface area contributed by atoms with Crippen LogP contribution in [-0.2, 0) is 27.2 Å². The van der Waals surface area contributed by atoms with E-state index in [-0.39, 0.29) is 18.0 Å². The average molecular weight is 479 g/mol. The number of ketones is 1. The molecular weight excluding hydrogens is 456 g/mol. The number of Topliss-reactive ketones (excluding diaryl/α,β-unsaturated/α-hetero) is 1. The minimum absolute atomic E-state index is 0.0615. The molecule has 0 radical (unpaired) electrons. The molecule has 1 fully saturated rings. The van der Waals surface area contributed by atoms with Gasteiger partial charge < -0.3 is 15.0 Å². The number of amides is 1. The van der Waals surface area contributed by atoms with E-state index in [1.165, 1.54) is 13.3 Å². The number of rotatable bonds is 6. The van der Waals surface area contributed by atoms with Crippen LogP contribution in [0.2, 0.25) is 0 Å². The largest absolute Gasteiger partial charge is 0.469 e. The molecular formula is C26H23F2N3O4. The number of methoxy groups -OCH3 is 1. The minimum atomic E-state index is -2.97. The third-order valence-corrected chi connectivity index (χ3v) is 6.54. The van der Waals surface area contributed by atoms with Crippen LogP contribution in [0.1, 0.15) is 40.0 Å². The average Bonchev–Trinajstić information content (AvgIpc) is 3.34. The molecule has 2 aliphatic rings. The van der Waals surface area contributed by atoms with E-state index in [1.54, 1.807) is 12.1 Å². The zero-order chi connectivity index (χ0) is 24.7. The van der Waals surface area contributed by atoms with Gasteiger partial charge in [-0.3, -0.25) is 14.4 Å². The third kappa shape index (κ3) is 4.45. The molecule has 2 aromatic heterocycles. The van der Waals surface area contributed by atoms with E-state index in [0.29, 0.717) is 35.4 Å². The summed E-state index contributed by atoms with van der Waals surface area (Å²) in [5.41, 5.74) is 4.28. The topological polar surface area (TPSA) is 101 Å². The number of halogens is 2. The lowest BCUT2D eigenvalue weighted by atomic mass is 9.84. The molecule has 2 atom stereocenters. The van der Waals surface area contributed by atoms with Crippen LogP contribution in [0.15, 0.2) is 48.7 Å². The lowest BCUT2D eigenvalue weighted by molar-refractivity contribution is -0.145. The lowest BCUT2D eigenvalue weighted by Crippen LogP contribution is -2.27. The molecule has 1 aromatic carbocycles. The Kier molecular flexibility index (Phi) is 5.70. The van der Waals surface area contributed by atoms with Crippen LogP contribution in [0.4, 0.5) is 14.6 Å². The highest BCUT2D eigenvalue weighted by atomic mass is 19.3. The molecule has 3 aromatic rings. The Morgan fingerprint density at radius 1 is 1.20 bits per heavy atom. The predicted molar refractivity (Wildman–Crippen MR) is 123 cm³/mol. The van der Waals surface area contributed by atoms with Gasteiger partial charge >= 0.3 is 5.97 Å². The summed E-state index contributed by atoms with van der Waals surface area (Å²) in [6.07, 6.45) is 1.87. The standard InChI is InChI=1S/C26H23F2N3O4/c1-35-25(34)16-10-19-22(20(32)11-16)17(9-14-5-3-2-4-6-14)23(30-19)15-7-8-29-21(12-15)31-24(33)18-13-26(18,27)28/h2-8,12,16,18,30H,9-11,13H2,1H3,(H,29,31,33). The molecule has 0 saturated heterocycles. The van der Waals surface area contributed by atoms with Gasteiger partial charge in [0.25, 0.3) is 5.92 Å². The van der Waals surface area contributed by atoms with Gasteiger partial charge in [0.1, 0.15) is 11.7 Å². The summed E-state index contributed by atoms with van der Waals surface area (Å²) in [6.45, 7) is 0. The highest BCUT2D eigenvalue weighted by Crippen LogP contribution is 2.49. The van der Waals surface area contributed by atoms with Gasteiger partial charge in [-0.2, -0.15) is 0 Å². The Bertz CT molecular complexity index is 1320. The first kappa shape index (κ1) is 22.9. The molecule has 0 spiro atoms. The first-order valence-electron chi connectivity index (χ1n) is 11.3. The van der Waals surface area contributed by atoms with E-state index in [4.69, 9.17) is 4.74 Å². The molecule has 0 aliphatic heterocycles. The summed E-state index contributed by atoms with van der Waals surface area (Å²) in [4.78, 5) is 44.9. The van der Waals surface area contributed by atoms with Crippen LogP contribution in [0.3, 0.4) is 0 Å². The van der Waals surface area contributed by atoms with Gasteiger partial charge in [-0.15, -0.1) is 0 Å². The summed E-state index contributed by atoms with van der Waals surface area (Å²) in [5, 5.41) is 2.47. The second-order valence-electron chi connectivity index (χ2n) is 8.98. The number of hydrogen-bond acceptors (Lipinski definition) is 5. The predicted octanol–water partition coefficient (Wildman–Crippen LogP) is 4.18. The van der Waals surface area contributed by atoms with Crippen molar-refractivity contribution < 1.29 is 27.9 Å².